The van der Waals surface area contributed by atoms with Gasteiger partial charge in [0.2, 0.25) is 11.6 Å². The van der Waals surface area contributed by atoms with Crippen molar-refractivity contribution in [3.05, 3.63) is 77.4 Å². The second-order valence-corrected chi connectivity index (χ2v) is 5.19. The number of nitrogens with zero attached hydrogens (tertiary/aromatic N) is 1. The van der Waals surface area contributed by atoms with Gasteiger partial charge in [-0.15, -0.1) is 0 Å². The largest absolute Gasteiger partial charge is 0.391 e. The summed E-state index contributed by atoms with van der Waals surface area (Å²) >= 11 is 0. The Labute approximate surface area is 156 Å². The Balaban J connectivity index is 0.000000216. The number of nitrogens with two attached hydrogens (primary N) is 1. The van der Waals surface area contributed by atoms with E-state index in [-0.39, 0.29) is 0 Å². The molecule has 0 fully saturated rings. The molecule has 0 spiro atoms. The van der Waals surface area contributed by atoms with Gasteiger partial charge in [0.1, 0.15) is 11.0 Å². The van der Waals surface area contributed by atoms with Crippen molar-refractivity contribution in [3.63, 3.8) is 0 Å². The zero-order chi connectivity index (χ0) is 23.1. The van der Waals surface area contributed by atoms with E-state index in [2.05, 4.69) is 0 Å². The van der Waals surface area contributed by atoms with E-state index in [9.17, 15) is 54.8 Å². The Morgan fingerprint density at radius 2 is 0.967 bits per heavy atom. The summed E-state index contributed by atoms with van der Waals surface area (Å²) in [5.74, 6) is -16.2. The first-order valence-electron chi connectivity index (χ1n) is 7.05. The lowest BCUT2D eigenvalue weighted by atomic mass is 10.2. The van der Waals surface area contributed by atoms with Gasteiger partial charge >= 0.3 is 16.8 Å². The molecule has 0 atom stereocenters. The normalized spacial score (nSPS) is 10.7. The molecule has 1 heterocycles. The maximum Gasteiger partial charge on any atom is 0.333 e. The number of aromatic nitrogens is 2. The Kier molecular flexibility index (Phi) is 5.80. The summed E-state index contributed by atoms with van der Waals surface area (Å²) in [7, 11) is 0. The van der Waals surface area contributed by atoms with Crippen molar-refractivity contribution < 1.29 is 40.0 Å². The molecule has 30 heavy (non-hydrogen) atoms. The number of nitrogen functional groups attached to an aromatic ring is 1. The molecule has 2 aromatic carbocycles. The SMILES string of the molecule is Nc1c(F)c(F)c(F)c(F)c1[N+](=O)[O-].O=c1[nH]c2c(F)c(F)c(F)c(F)c2[nH]c1=O. The molecule has 0 saturated heterocycles. The number of rotatable bonds is 1. The third-order valence-corrected chi connectivity index (χ3v) is 3.41. The molecule has 3 aromatic rings. The van der Waals surface area contributed by atoms with Crippen LogP contribution in [0.1, 0.15) is 0 Å². The van der Waals surface area contributed by atoms with Crippen LogP contribution in [0.2, 0.25) is 0 Å². The molecular formula is C14H4F8N4O4. The van der Waals surface area contributed by atoms with E-state index in [0.717, 1.165) is 0 Å². The van der Waals surface area contributed by atoms with Crippen LogP contribution >= 0.6 is 0 Å². The van der Waals surface area contributed by atoms with Crippen molar-refractivity contribution >= 4 is 22.4 Å². The van der Waals surface area contributed by atoms with Crippen LogP contribution in [0, 0.1) is 56.7 Å². The summed E-state index contributed by atoms with van der Waals surface area (Å²) in [4.78, 5) is 33.5. The lowest BCUT2D eigenvalue weighted by Crippen LogP contribution is -2.30. The van der Waals surface area contributed by atoms with Crippen LogP contribution in [0.15, 0.2) is 9.59 Å². The highest BCUT2D eigenvalue weighted by Gasteiger charge is 2.31. The van der Waals surface area contributed by atoms with E-state index in [4.69, 9.17) is 5.73 Å². The van der Waals surface area contributed by atoms with Crippen LogP contribution in [0.5, 0.6) is 0 Å². The Hall–Kier alpha value is -3.98. The summed E-state index contributed by atoms with van der Waals surface area (Å²) in [5.41, 5.74) is -2.74. The van der Waals surface area contributed by atoms with Crippen LogP contribution in [0.3, 0.4) is 0 Å². The molecule has 4 N–H and O–H groups in total. The van der Waals surface area contributed by atoms with Gasteiger partial charge in [0.05, 0.1) is 4.92 Å². The molecule has 0 radical (unpaired) electrons. The summed E-state index contributed by atoms with van der Waals surface area (Å²) in [6, 6.07) is 0. The minimum absolute atomic E-state index is 0.930. The van der Waals surface area contributed by atoms with Crippen molar-refractivity contribution in [2.45, 2.75) is 0 Å². The predicted molar refractivity (Wildman–Crippen MR) is 82.4 cm³/mol. The van der Waals surface area contributed by atoms with Gasteiger partial charge in [0, 0.05) is 0 Å². The third-order valence-electron chi connectivity index (χ3n) is 3.41. The fraction of sp³-hybridized carbons (Fsp3) is 0. The number of fused-ring (bicyclic) bond motifs is 1. The molecule has 160 valence electrons. The first kappa shape index (κ1) is 22.3. The number of halogens is 8. The molecule has 0 unspecified atom stereocenters. The lowest BCUT2D eigenvalue weighted by molar-refractivity contribution is -0.387. The number of anilines is 1. The zero-order valence-corrected chi connectivity index (χ0v) is 13.7. The van der Waals surface area contributed by atoms with E-state index in [1.165, 1.54) is 0 Å². The van der Waals surface area contributed by atoms with E-state index in [1.54, 1.807) is 9.97 Å². The van der Waals surface area contributed by atoms with Gasteiger partial charge in [-0.3, -0.25) is 19.7 Å². The quantitative estimate of drug-likeness (QED) is 0.101. The monoisotopic (exact) mass is 444 g/mol. The molecule has 16 heteroatoms. The first-order chi connectivity index (χ1) is 13.8. The van der Waals surface area contributed by atoms with Crippen molar-refractivity contribution in [2.75, 3.05) is 5.73 Å². The molecule has 1 aromatic heterocycles. The molecule has 0 amide bonds. The average molecular weight is 444 g/mol. The standard InChI is InChI=1S/C8H2F4N2O2.C6H2F4N2O2/c9-1-2(10)4(12)6-5(3(1)11)13-7(15)8(16)14-6;7-1-2(8)4(10)6(12(13)14)5(11)3(1)9/h(H,13,15)(H,14,16);11H2. The molecular weight excluding hydrogens is 440 g/mol. The smallest absolute Gasteiger partial charge is 0.333 e. The number of hydrogen-bond donors (Lipinski definition) is 3. The van der Waals surface area contributed by atoms with Gasteiger partial charge in [-0.25, -0.2) is 30.7 Å². The molecule has 0 bridgehead atoms. The Bertz CT molecular complexity index is 1230. The van der Waals surface area contributed by atoms with Gasteiger partial charge < -0.3 is 15.7 Å². The number of nitro benzene ring substituents is 1. The molecule has 8 nitrogen and oxygen atoms in total. The van der Waals surface area contributed by atoms with Crippen LogP contribution < -0.4 is 16.9 Å². The highest BCUT2D eigenvalue weighted by atomic mass is 19.2. The molecule has 0 aliphatic carbocycles. The minimum Gasteiger partial charge on any atom is -0.391 e. The molecule has 0 saturated carbocycles. The minimum atomic E-state index is -2.26. The summed E-state index contributed by atoms with van der Waals surface area (Å²) in [6.45, 7) is 0. The Morgan fingerprint density at radius 1 is 0.633 bits per heavy atom. The average Bonchev–Trinajstić information content (AvgIpc) is 2.69. The van der Waals surface area contributed by atoms with Gasteiger partial charge in [-0.1, -0.05) is 0 Å². The fourth-order valence-electron chi connectivity index (χ4n) is 2.02. The summed E-state index contributed by atoms with van der Waals surface area (Å²) < 4.78 is 102. The maximum absolute atomic E-state index is 13.1. The van der Waals surface area contributed by atoms with Crippen molar-refractivity contribution in [1.82, 2.24) is 9.97 Å². The fourth-order valence-corrected chi connectivity index (χ4v) is 2.02. The highest BCUT2D eigenvalue weighted by molar-refractivity contribution is 5.75. The van der Waals surface area contributed by atoms with Crippen LogP contribution in [0.25, 0.3) is 11.0 Å². The van der Waals surface area contributed by atoms with Crippen molar-refractivity contribution in [2.24, 2.45) is 0 Å². The lowest BCUT2D eigenvalue weighted by Gasteiger charge is -2.02. The van der Waals surface area contributed by atoms with Crippen LogP contribution in [-0.2, 0) is 0 Å². The zero-order valence-electron chi connectivity index (χ0n) is 13.7. The van der Waals surface area contributed by atoms with Crippen LogP contribution in [-0.4, -0.2) is 14.9 Å². The highest BCUT2D eigenvalue weighted by Crippen LogP contribution is 2.31. The van der Waals surface area contributed by atoms with E-state index in [0.29, 0.717) is 0 Å². The number of hydrogen-bond acceptors (Lipinski definition) is 5. The van der Waals surface area contributed by atoms with Gasteiger partial charge in [-0.2, -0.15) is 4.39 Å². The number of benzene rings is 2. The van der Waals surface area contributed by atoms with E-state index < -0.39 is 85.0 Å². The summed E-state index contributed by atoms with van der Waals surface area (Å²) in [5, 5.41) is 10.1. The second kappa shape index (κ2) is 7.80. The molecule has 3 rings (SSSR count). The molecule has 0 aliphatic rings. The van der Waals surface area contributed by atoms with E-state index >= 15 is 0 Å². The number of H-pyrrole nitrogens is 2. The maximum atomic E-state index is 13.1. The summed E-state index contributed by atoms with van der Waals surface area (Å²) in [6.07, 6.45) is 0. The third kappa shape index (κ3) is 3.53. The van der Waals surface area contributed by atoms with Gasteiger partial charge in [0.25, 0.3) is 0 Å². The topological polar surface area (TPSA) is 135 Å². The van der Waals surface area contributed by atoms with Crippen LogP contribution in [0.4, 0.5) is 46.5 Å². The van der Waals surface area contributed by atoms with E-state index in [1.807, 2.05) is 0 Å². The number of nitro groups is 1. The second-order valence-electron chi connectivity index (χ2n) is 5.19. The van der Waals surface area contributed by atoms with Gasteiger partial charge in [-0.05, 0) is 0 Å². The van der Waals surface area contributed by atoms with Crippen molar-refractivity contribution in [1.29, 1.82) is 0 Å². The predicted octanol–water partition coefficient (Wildman–Crippen LogP) is 2.51. The van der Waals surface area contributed by atoms with Crippen molar-refractivity contribution in [3.8, 4) is 0 Å². The Morgan fingerprint density at radius 3 is 1.33 bits per heavy atom. The first-order valence-corrected chi connectivity index (χ1v) is 7.05. The molecule has 0 aliphatic heterocycles. The van der Waals surface area contributed by atoms with Gasteiger partial charge in [0.15, 0.2) is 40.6 Å². The number of nitrogens with one attached hydrogen (secondary N) is 2. The number of aromatic amines is 2.